The number of aliphatic hydroxyl groups is 2. The maximum atomic E-state index is 9.04. The van der Waals surface area contributed by atoms with Crippen LogP contribution in [0.1, 0.15) is 162 Å². The number of nitrogens with zero attached hydrogens (tertiary/aromatic N) is 1. The lowest BCUT2D eigenvalue weighted by Crippen LogP contribution is -2.28. The summed E-state index contributed by atoms with van der Waals surface area (Å²) in [4.78, 5) is 2.41. The highest BCUT2D eigenvalue weighted by Crippen LogP contribution is 2.22. The quantitative estimate of drug-likeness (QED) is 0.104. The normalized spacial score (nSPS) is 12.6. The van der Waals surface area contributed by atoms with Gasteiger partial charge in [-0.15, -0.1) is 0 Å². The molecule has 2 N–H and O–H groups in total. The standard InChI is InChI=1S/C31H65NO2/c1-3-5-6-7-8-9-10-13-16-19-24-31(4-2)25-20-17-14-11-12-15-18-21-26-32(27-22-29-33)28-23-30-34/h31,33-34H,3-30H2,1-2H3. The first-order chi connectivity index (χ1) is 16.8. The molecule has 0 saturated heterocycles. The van der Waals surface area contributed by atoms with Gasteiger partial charge in [0.25, 0.3) is 0 Å². The van der Waals surface area contributed by atoms with E-state index < -0.39 is 0 Å². The molecule has 0 amide bonds. The average molecular weight is 484 g/mol. The van der Waals surface area contributed by atoms with Gasteiger partial charge in [0, 0.05) is 26.3 Å². The predicted octanol–water partition coefficient (Wildman–Crippen LogP) is 8.90. The van der Waals surface area contributed by atoms with Gasteiger partial charge in [0.15, 0.2) is 0 Å². The molecule has 0 aliphatic carbocycles. The van der Waals surface area contributed by atoms with Crippen LogP contribution < -0.4 is 0 Å². The summed E-state index contributed by atoms with van der Waals surface area (Å²) in [7, 11) is 0. The maximum Gasteiger partial charge on any atom is 0.0443 e. The summed E-state index contributed by atoms with van der Waals surface area (Å²) in [6.07, 6.45) is 31.6. The number of hydrogen-bond donors (Lipinski definition) is 2. The van der Waals surface area contributed by atoms with E-state index in [9.17, 15) is 0 Å². The fourth-order valence-electron chi connectivity index (χ4n) is 5.23. The molecule has 1 atom stereocenters. The largest absolute Gasteiger partial charge is 0.396 e. The summed E-state index contributed by atoms with van der Waals surface area (Å²) >= 11 is 0. The Hall–Kier alpha value is -0.120. The van der Waals surface area contributed by atoms with Gasteiger partial charge >= 0.3 is 0 Å². The van der Waals surface area contributed by atoms with Crippen molar-refractivity contribution in [2.24, 2.45) is 5.92 Å². The molecule has 0 aromatic heterocycles. The highest BCUT2D eigenvalue weighted by molar-refractivity contribution is 4.61. The number of unbranched alkanes of at least 4 members (excludes halogenated alkanes) is 16. The monoisotopic (exact) mass is 484 g/mol. The Morgan fingerprint density at radius 1 is 0.441 bits per heavy atom. The van der Waals surface area contributed by atoms with Crippen molar-refractivity contribution in [2.75, 3.05) is 32.8 Å². The molecule has 0 aliphatic heterocycles. The molecule has 0 radical (unpaired) electrons. The fourth-order valence-corrected chi connectivity index (χ4v) is 5.23. The molecular weight excluding hydrogens is 418 g/mol. The highest BCUT2D eigenvalue weighted by atomic mass is 16.3. The number of aliphatic hydroxyl groups excluding tert-OH is 2. The Morgan fingerprint density at radius 2 is 0.794 bits per heavy atom. The summed E-state index contributed by atoms with van der Waals surface area (Å²) in [5, 5.41) is 18.1. The van der Waals surface area contributed by atoms with Crippen molar-refractivity contribution >= 4 is 0 Å². The molecule has 34 heavy (non-hydrogen) atoms. The summed E-state index contributed by atoms with van der Waals surface area (Å²) in [5.74, 6) is 0.980. The van der Waals surface area contributed by atoms with E-state index in [1.165, 1.54) is 135 Å². The second kappa shape index (κ2) is 29.1. The molecule has 3 nitrogen and oxygen atoms in total. The number of hydrogen-bond acceptors (Lipinski definition) is 3. The van der Waals surface area contributed by atoms with Gasteiger partial charge in [-0.25, -0.2) is 0 Å². The van der Waals surface area contributed by atoms with E-state index in [1.54, 1.807) is 0 Å². The van der Waals surface area contributed by atoms with Crippen molar-refractivity contribution < 1.29 is 10.2 Å². The third-order valence-corrected chi connectivity index (χ3v) is 7.64. The zero-order chi connectivity index (χ0) is 25.0. The molecule has 3 heteroatoms. The molecule has 0 aromatic carbocycles. The van der Waals surface area contributed by atoms with Crippen molar-refractivity contribution in [1.29, 1.82) is 0 Å². The van der Waals surface area contributed by atoms with Crippen LogP contribution in [0.15, 0.2) is 0 Å². The topological polar surface area (TPSA) is 43.7 Å². The number of rotatable bonds is 29. The van der Waals surface area contributed by atoms with Gasteiger partial charge < -0.3 is 15.1 Å². The lowest BCUT2D eigenvalue weighted by atomic mass is 9.92. The van der Waals surface area contributed by atoms with Gasteiger partial charge in [0.1, 0.15) is 0 Å². The maximum absolute atomic E-state index is 9.04. The zero-order valence-corrected chi connectivity index (χ0v) is 23.7. The molecule has 0 aliphatic rings. The van der Waals surface area contributed by atoms with Gasteiger partial charge in [-0.05, 0) is 31.7 Å². The lowest BCUT2D eigenvalue weighted by Gasteiger charge is -2.21. The fraction of sp³-hybridized carbons (Fsp3) is 1.00. The first-order valence-corrected chi connectivity index (χ1v) is 15.7. The van der Waals surface area contributed by atoms with E-state index >= 15 is 0 Å². The molecule has 0 rings (SSSR count). The predicted molar refractivity (Wildman–Crippen MR) is 152 cm³/mol. The summed E-state index contributed by atoms with van der Waals surface area (Å²) in [6.45, 7) is 8.30. The Bertz CT molecular complexity index is 355. The molecule has 0 aromatic rings. The van der Waals surface area contributed by atoms with Gasteiger partial charge in [-0.1, -0.05) is 142 Å². The SMILES string of the molecule is CCCCCCCCCCCCC(CC)CCCCCCCCCCN(CCCO)CCCO. The molecule has 0 bridgehead atoms. The van der Waals surface area contributed by atoms with E-state index in [4.69, 9.17) is 10.2 Å². The smallest absolute Gasteiger partial charge is 0.0443 e. The van der Waals surface area contributed by atoms with Crippen molar-refractivity contribution in [3.63, 3.8) is 0 Å². The van der Waals surface area contributed by atoms with Gasteiger partial charge in [0.2, 0.25) is 0 Å². The summed E-state index contributed by atoms with van der Waals surface area (Å²) < 4.78 is 0. The van der Waals surface area contributed by atoms with E-state index in [2.05, 4.69) is 18.7 Å². The third kappa shape index (κ3) is 25.0. The Balaban J connectivity index is 3.46. The third-order valence-electron chi connectivity index (χ3n) is 7.64. The molecule has 0 saturated carbocycles. The first kappa shape index (κ1) is 33.9. The van der Waals surface area contributed by atoms with E-state index in [0.717, 1.165) is 38.4 Å². The molecule has 0 heterocycles. The molecule has 0 spiro atoms. The first-order valence-electron chi connectivity index (χ1n) is 15.7. The summed E-state index contributed by atoms with van der Waals surface area (Å²) in [6, 6.07) is 0. The zero-order valence-electron chi connectivity index (χ0n) is 23.7. The van der Waals surface area contributed by atoms with E-state index in [-0.39, 0.29) is 13.2 Å². The van der Waals surface area contributed by atoms with Gasteiger partial charge in [-0.3, -0.25) is 0 Å². The van der Waals surface area contributed by atoms with Crippen molar-refractivity contribution in [1.82, 2.24) is 4.90 Å². The minimum absolute atomic E-state index is 0.272. The molecule has 0 fully saturated rings. The molecular formula is C31H65NO2. The molecule has 1 unspecified atom stereocenters. The van der Waals surface area contributed by atoms with Crippen LogP contribution in [0.4, 0.5) is 0 Å². The van der Waals surface area contributed by atoms with Crippen LogP contribution in [0.2, 0.25) is 0 Å². The van der Waals surface area contributed by atoms with Crippen LogP contribution >= 0.6 is 0 Å². The van der Waals surface area contributed by atoms with Crippen LogP contribution in [0.3, 0.4) is 0 Å². The highest BCUT2D eigenvalue weighted by Gasteiger charge is 2.06. The van der Waals surface area contributed by atoms with Crippen LogP contribution in [-0.4, -0.2) is 48.0 Å². The van der Waals surface area contributed by atoms with Crippen LogP contribution in [0.25, 0.3) is 0 Å². The summed E-state index contributed by atoms with van der Waals surface area (Å²) in [5.41, 5.74) is 0. The van der Waals surface area contributed by atoms with Crippen molar-refractivity contribution in [3.8, 4) is 0 Å². The van der Waals surface area contributed by atoms with E-state index in [0.29, 0.717) is 0 Å². The van der Waals surface area contributed by atoms with Gasteiger partial charge in [-0.2, -0.15) is 0 Å². The van der Waals surface area contributed by atoms with E-state index in [1.807, 2.05) is 0 Å². The minimum Gasteiger partial charge on any atom is -0.396 e. The second-order valence-electron chi connectivity index (χ2n) is 10.9. The van der Waals surface area contributed by atoms with Crippen molar-refractivity contribution in [2.45, 2.75) is 162 Å². The minimum atomic E-state index is 0.272. The van der Waals surface area contributed by atoms with Gasteiger partial charge in [0.05, 0.1) is 0 Å². The Morgan fingerprint density at radius 3 is 1.18 bits per heavy atom. The average Bonchev–Trinajstić information content (AvgIpc) is 2.86. The Kier molecular flexibility index (Phi) is 29.0. The lowest BCUT2D eigenvalue weighted by molar-refractivity contribution is 0.199. The van der Waals surface area contributed by atoms with Crippen LogP contribution in [0.5, 0.6) is 0 Å². The van der Waals surface area contributed by atoms with Crippen LogP contribution in [0, 0.1) is 5.92 Å². The van der Waals surface area contributed by atoms with Crippen LogP contribution in [-0.2, 0) is 0 Å². The Labute approximate surface area is 215 Å². The molecule has 206 valence electrons. The second-order valence-corrected chi connectivity index (χ2v) is 10.9. The van der Waals surface area contributed by atoms with Crippen molar-refractivity contribution in [3.05, 3.63) is 0 Å².